The van der Waals surface area contributed by atoms with Gasteiger partial charge in [-0.2, -0.15) is 0 Å². The molecule has 10 heteroatoms. The highest BCUT2D eigenvalue weighted by atomic mass is 32.2. The molecule has 0 aliphatic heterocycles. The van der Waals surface area contributed by atoms with Gasteiger partial charge in [-0.1, -0.05) is 55.5 Å². The van der Waals surface area contributed by atoms with Crippen LogP contribution in [0, 0.1) is 0 Å². The molecule has 3 aromatic rings. The van der Waals surface area contributed by atoms with Gasteiger partial charge in [0.05, 0.1) is 24.8 Å². The molecule has 1 N–H and O–H groups in total. The van der Waals surface area contributed by atoms with Crippen LogP contribution in [0.4, 0.5) is 5.69 Å². The summed E-state index contributed by atoms with van der Waals surface area (Å²) in [4.78, 5) is 28.0. The molecule has 0 unspecified atom stereocenters. The van der Waals surface area contributed by atoms with Crippen LogP contribution < -0.4 is 19.1 Å². The van der Waals surface area contributed by atoms with Crippen LogP contribution in [-0.2, 0) is 26.0 Å². The maximum atomic E-state index is 13.9. The number of anilines is 1. The lowest BCUT2D eigenvalue weighted by Crippen LogP contribution is -2.52. The van der Waals surface area contributed by atoms with Crippen molar-refractivity contribution in [2.75, 3.05) is 38.7 Å². The largest absolute Gasteiger partial charge is 0.493 e. The number of sulfonamides is 1. The molecule has 3 aromatic carbocycles. The Labute approximate surface area is 230 Å². The highest BCUT2D eigenvalue weighted by Gasteiger charge is 2.33. The fourth-order valence-corrected chi connectivity index (χ4v) is 5.72. The van der Waals surface area contributed by atoms with Crippen LogP contribution in [-0.4, -0.2) is 65.5 Å². The first-order chi connectivity index (χ1) is 18.8. The number of amides is 2. The third kappa shape index (κ3) is 7.08. The van der Waals surface area contributed by atoms with E-state index in [4.69, 9.17) is 9.47 Å². The van der Waals surface area contributed by atoms with Crippen molar-refractivity contribution in [3.63, 3.8) is 0 Å². The van der Waals surface area contributed by atoms with Crippen molar-refractivity contribution in [1.29, 1.82) is 0 Å². The average molecular weight is 554 g/mol. The van der Waals surface area contributed by atoms with Crippen molar-refractivity contribution in [3.8, 4) is 11.5 Å². The van der Waals surface area contributed by atoms with E-state index >= 15 is 0 Å². The Hall–Kier alpha value is -4.05. The highest BCUT2D eigenvalue weighted by Crippen LogP contribution is 2.32. The summed E-state index contributed by atoms with van der Waals surface area (Å²) in [6.07, 6.45) is 0.877. The van der Waals surface area contributed by atoms with Gasteiger partial charge in [0.15, 0.2) is 11.5 Å². The molecule has 0 aromatic heterocycles. The molecular formula is C29H35N3O6S. The molecule has 0 radical (unpaired) electrons. The monoisotopic (exact) mass is 553 g/mol. The van der Waals surface area contributed by atoms with Crippen LogP contribution in [0.2, 0.25) is 0 Å². The van der Waals surface area contributed by atoms with Gasteiger partial charge in [-0.25, -0.2) is 8.42 Å². The van der Waals surface area contributed by atoms with Crippen LogP contribution in [0.15, 0.2) is 83.8 Å². The zero-order valence-electron chi connectivity index (χ0n) is 22.7. The zero-order valence-corrected chi connectivity index (χ0v) is 23.5. The number of likely N-dealkylation sites (N-methyl/N-ethyl adjacent to an activating group) is 1. The van der Waals surface area contributed by atoms with Crippen molar-refractivity contribution < 1.29 is 27.5 Å². The van der Waals surface area contributed by atoms with Crippen LogP contribution >= 0.6 is 0 Å². The molecule has 9 nitrogen and oxygen atoms in total. The van der Waals surface area contributed by atoms with Crippen molar-refractivity contribution in [2.45, 2.75) is 30.7 Å². The zero-order chi connectivity index (χ0) is 28.4. The van der Waals surface area contributed by atoms with Crippen LogP contribution in [0.5, 0.6) is 11.5 Å². The van der Waals surface area contributed by atoms with Gasteiger partial charge in [0.1, 0.15) is 12.6 Å². The number of nitrogens with zero attached hydrogens (tertiary/aromatic N) is 2. The molecule has 1 atom stereocenters. The van der Waals surface area contributed by atoms with Crippen molar-refractivity contribution in [3.05, 3.63) is 84.4 Å². The Morgan fingerprint density at radius 1 is 0.897 bits per heavy atom. The summed E-state index contributed by atoms with van der Waals surface area (Å²) >= 11 is 0. The molecule has 0 saturated carbocycles. The fraction of sp³-hybridized carbons (Fsp3) is 0.310. The Morgan fingerprint density at radius 2 is 1.51 bits per heavy atom. The average Bonchev–Trinajstić information content (AvgIpc) is 2.97. The molecule has 0 saturated heterocycles. The Morgan fingerprint density at radius 3 is 2.08 bits per heavy atom. The summed E-state index contributed by atoms with van der Waals surface area (Å²) in [5.74, 6) is -0.183. The lowest BCUT2D eigenvalue weighted by atomic mass is 10.1. The van der Waals surface area contributed by atoms with E-state index < -0.39 is 28.5 Å². The first-order valence-electron chi connectivity index (χ1n) is 12.6. The molecule has 3 rings (SSSR count). The molecule has 0 aliphatic carbocycles. The number of hydrogen-bond acceptors (Lipinski definition) is 6. The summed E-state index contributed by atoms with van der Waals surface area (Å²) < 4.78 is 39.5. The Kier molecular flexibility index (Phi) is 10.3. The molecule has 0 aliphatic rings. The summed E-state index contributed by atoms with van der Waals surface area (Å²) in [6, 6.07) is 21.5. The summed E-state index contributed by atoms with van der Waals surface area (Å²) in [5, 5.41) is 2.62. The number of rotatable bonds is 13. The minimum absolute atomic E-state index is 0.0639. The number of hydrogen-bond donors (Lipinski definition) is 1. The van der Waals surface area contributed by atoms with E-state index in [2.05, 4.69) is 5.32 Å². The lowest BCUT2D eigenvalue weighted by molar-refractivity contribution is -0.139. The normalized spacial score (nSPS) is 11.8. The van der Waals surface area contributed by atoms with E-state index in [1.165, 1.54) is 44.4 Å². The van der Waals surface area contributed by atoms with E-state index in [1.54, 1.807) is 30.3 Å². The van der Waals surface area contributed by atoms with Gasteiger partial charge in [-0.15, -0.1) is 0 Å². The molecule has 39 heavy (non-hydrogen) atoms. The number of carbonyl (C=O) groups is 2. The molecule has 2 amide bonds. The van der Waals surface area contributed by atoms with E-state index in [1.807, 2.05) is 37.3 Å². The Bertz CT molecular complexity index is 1350. The topological polar surface area (TPSA) is 105 Å². The van der Waals surface area contributed by atoms with Crippen LogP contribution in [0.25, 0.3) is 0 Å². The van der Waals surface area contributed by atoms with Crippen molar-refractivity contribution in [2.24, 2.45) is 0 Å². The number of nitrogens with one attached hydrogen (secondary N) is 1. The third-order valence-electron chi connectivity index (χ3n) is 6.38. The standard InChI is InChI=1S/C29H35N3O6S/c1-5-25(29(34)30-2)31(19-18-22-12-8-6-9-13-22)28(33)21-32(23-14-10-7-11-15-23)39(35,36)24-16-17-26(37-3)27(20-24)38-4/h6-17,20,25H,5,18-19,21H2,1-4H3,(H,30,34)/t25-/m0/s1. The Balaban J connectivity index is 2.01. The van der Waals surface area contributed by atoms with Gasteiger partial charge in [0.25, 0.3) is 10.0 Å². The maximum absolute atomic E-state index is 13.9. The van der Waals surface area contributed by atoms with Crippen LogP contribution in [0.1, 0.15) is 18.9 Å². The first kappa shape index (κ1) is 29.5. The van der Waals surface area contributed by atoms with E-state index in [0.717, 1.165) is 9.87 Å². The highest BCUT2D eigenvalue weighted by molar-refractivity contribution is 7.92. The second-order valence-corrected chi connectivity index (χ2v) is 10.6. The predicted octanol–water partition coefficient (Wildman–Crippen LogP) is 3.50. The summed E-state index contributed by atoms with van der Waals surface area (Å²) in [7, 11) is 0.178. The number of methoxy groups -OCH3 is 2. The van der Waals surface area contributed by atoms with Gasteiger partial charge in [-0.05, 0) is 42.7 Å². The van der Waals surface area contributed by atoms with Gasteiger partial charge >= 0.3 is 0 Å². The van der Waals surface area contributed by atoms with Crippen molar-refractivity contribution in [1.82, 2.24) is 10.2 Å². The number of carbonyl (C=O) groups excluding carboxylic acids is 2. The summed E-state index contributed by atoms with van der Waals surface area (Å²) in [5.41, 5.74) is 1.32. The molecular weight excluding hydrogens is 518 g/mol. The van der Waals surface area contributed by atoms with Gasteiger partial charge in [0.2, 0.25) is 11.8 Å². The molecule has 0 heterocycles. The van der Waals surface area contributed by atoms with Gasteiger partial charge in [-0.3, -0.25) is 13.9 Å². The third-order valence-corrected chi connectivity index (χ3v) is 8.15. The van der Waals surface area contributed by atoms with E-state index in [0.29, 0.717) is 24.3 Å². The van der Waals surface area contributed by atoms with E-state index in [-0.39, 0.29) is 23.1 Å². The molecule has 208 valence electrons. The minimum atomic E-state index is -4.22. The second kappa shape index (κ2) is 13.7. The number of benzene rings is 3. The fourth-order valence-electron chi connectivity index (χ4n) is 4.29. The summed E-state index contributed by atoms with van der Waals surface area (Å²) in [6.45, 7) is 1.56. The molecule has 0 fully saturated rings. The number of para-hydroxylation sites is 1. The lowest BCUT2D eigenvalue weighted by Gasteiger charge is -2.33. The molecule has 0 spiro atoms. The van der Waals surface area contributed by atoms with Gasteiger partial charge < -0.3 is 19.7 Å². The SMILES string of the molecule is CC[C@@H](C(=O)NC)N(CCc1ccccc1)C(=O)CN(c1ccccc1)S(=O)(=O)c1ccc(OC)c(OC)c1. The predicted molar refractivity (Wildman–Crippen MR) is 151 cm³/mol. The van der Waals surface area contributed by atoms with Crippen molar-refractivity contribution >= 4 is 27.5 Å². The minimum Gasteiger partial charge on any atom is -0.493 e. The first-order valence-corrected chi connectivity index (χ1v) is 14.1. The van der Waals surface area contributed by atoms with Crippen LogP contribution in [0.3, 0.4) is 0 Å². The number of ether oxygens (including phenoxy) is 2. The maximum Gasteiger partial charge on any atom is 0.264 e. The molecule has 0 bridgehead atoms. The smallest absolute Gasteiger partial charge is 0.264 e. The second-order valence-electron chi connectivity index (χ2n) is 8.73. The van der Waals surface area contributed by atoms with E-state index in [9.17, 15) is 18.0 Å². The quantitative estimate of drug-likeness (QED) is 0.347. The van der Waals surface area contributed by atoms with Gasteiger partial charge in [0, 0.05) is 19.7 Å².